The maximum atomic E-state index is 12.8. The molecule has 0 unspecified atom stereocenters. The van der Waals surface area contributed by atoms with E-state index in [0.29, 0.717) is 24.3 Å². The fourth-order valence-electron chi connectivity index (χ4n) is 2.45. The molecule has 6 nitrogen and oxygen atoms in total. The van der Waals surface area contributed by atoms with E-state index >= 15 is 0 Å². The summed E-state index contributed by atoms with van der Waals surface area (Å²) < 4.78 is 43.6. The molecule has 0 bridgehead atoms. The molecule has 0 N–H and O–H groups in total. The molecule has 0 aromatic heterocycles. The zero-order valence-corrected chi connectivity index (χ0v) is 12.1. The molecule has 1 atom stereocenters. The van der Waals surface area contributed by atoms with Crippen LogP contribution in [0.3, 0.4) is 0 Å². The van der Waals surface area contributed by atoms with Gasteiger partial charge in [0.2, 0.25) is 0 Å². The predicted molar refractivity (Wildman–Crippen MR) is 74.0 cm³/mol. The van der Waals surface area contributed by atoms with E-state index in [1.165, 1.54) is 18.2 Å². The van der Waals surface area contributed by atoms with Gasteiger partial charge in [-0.1, -0.05) is 6.07 Å². The number of hydrogen-bond acceptors (Lipinski definition) is 4. The third-order valence-electron chi connectivity index (χ3n) is 3.49. The molecule has 23 heavy (non-hydrogen) atoms. The second kappa shape index (κ2) is 6.95. The van der Waals surface area contributed by atoms with E-state index in [2.05, 4.69) is 0 Å². The Morgan fingerprint density at radius 3 is 2.74 bits per heavy atom. The fourth-order valence-corrected chi connectivity index (χ4v) is 2.45. The Balaban J connectivity index is 2.28. The number of carbonyl (C=O) groups excluding carboxylic acids is 1. The lowest BCUT2D eigenvalue weighted by atomic mass is 10.1. The Labute approximate surface area is 130 Å². The van der Waals surface area contributed by atoms with E-state index in [-0.39, 0.29) is 17.9 Å². The van der Waals surface area contributed by atoms with E-state index in [1.807, 2.05) is 0 Å². The van der Waals surface area contributed by atoms with Crippen LogP contribution < -0.4 is 0 Å². The predicted octanol–water partition coefficient (Wildman–Crippen LogP) is 2.78. The Hall–Kier alpha value is -2.16. The highest BCUT2D eigenvalue weighted by Gasteiger charge is 2.37. The molecule has 1 heterocycles. The molecular formula is C14H15F3N2O4. The Kier molecular flexibility index (Phi) is 5.19. The Morgan fingerprint density at radius 1 is 1.43 bits per heavy atom. The fraction of sp³-hybridized carbons (Fsp3) is 0.500. The number of hydrogen-bond donors (Lipinski definition) is 0. The number of ether oxygens (including phenoxy) is 1. The molecule has 1 aromatic carbocycles. The third kappa shape index (κ3) is 4.65. The third-order valence-corrected chi connectivity index (χ3v) is 3.49. The van der Waals surface area contributed by atoms with Crippen molar-refractivity contribution in [3.8, 4) is 0 Å². The molecule has 1 aromatic rings. The van der Waals surface area contributed by atoms with Crippen LogP contribution in [0.2, 0.25) is 0 Å². The van der Waals surface area contributed by atoms with E-state index in [1.54, 1.807) is 0 Å². The normalized spacial score (nSPS) is 18.5. The van der Waals surface area contributed by atoms with Gasteiger partial charge >= 0.3 is 6.18 Å². The van der Waals surface area contributed by atoms with Crippen molar-refractivity contribution in [2.75, 3.05) is 19.8 Å². The summed E-state index contributed by atoms with van der Waals surface area (Å²) in [5.41, 5.74) is -0.489. The molecule has 0 radical (unpaired) electrons. The van der Waals surface area contributed by atoms with Crippen molar-refractivity contribution in [2.45, 2.75) is 25.1 Å². The average molecular weight is 332 g/mol. The minimum absolute atomic E-state index is 0.0246. The molecule has 2 rings (SSSR count). The van der Waals surface area contributed by atoms with E-state index in [9.17, 15) is 28.1 Å². The van der Waals surface area contributed by atoms with Gasteiger partial charge in [-0.2, -0.15) is 13.2 Å². The van der Waals surface area contributed by atoms with E-state index in [0.717, 1.165) is 6.07 Å². The van der Waals surface area contributed by atoms with Gasteiger partial charge in [0.1, 0.15) is 6.54 Å². The second-order valence-electron chi connectivity index (χ2n) is 5.23. The van der Waals surface area contributed by atoms with Crippen molar-refractivity contribution in [3.63, 3.8) is 0 Å². The lowest BCUT2D eigenvalue weighted by Crippen LogP contribution is -2.49. The summed E-state index contributed by atoms with van der Waals surface area (Å²) in [6, 6.07) is 4.00. The van der Waals surface area contributed by atoms with Crippen molar-refractivity contribution in [1.82, 2.24) is 4.90 Å². The number of carbonyl (C=O) groups is 1. The minimum atomic E-state index is -4.56. The lowest BCUT2D eigenvalue weighted by Gasteiger charge is -2.34. The van der Waals surface area contributed by atoms with Crippen LogP contribution in [0.15, 0.2) is 24.3 Å². The van der Waals surface area contributed by atoms with Crippen LogP contribution >= 0.6 is 0 Å². The van der Waals surface area contributed by atoms with Gasteiger partial charge in [0.15, 0.2) is 0 Å². The van der Waals surface area contributed by atoms with Crippen LogP contribution in [-0.2, 0) is 4.74 Å². The van der Waals surface area contributed by atoms with Crippen LogP contribution in [0.4, 0.5) is 18.9 Å². The first-order valence-corrected chi connectivity index (χ1v) is 6.98. The van der Waals surface area contributed by atoms with Gasteiger partial charge in [-0.25, -0.2) is 0 Å². The Morgan fingerprint density at radius 2 is 2.17 bits per heavy atom. The van der Waals surface area contributed by atoms with E-state index < -0.39 is 29.6 Å². The van der Waals surface area contributed by atoms with Crippen molar-refractivity contribution >= 4 is 11.6 Å². The van der Waals surface area contributed by atoms with Crippen molar-refractivity contribution < 1.29 is 27.6 Å². The van der Waals surface area contributed by atoms with Crippen molar-refractivity contribution in [2.24, 2.45) is 0 Å². The zero-order valence-electron chi connectivity index (χ0n) is 12.1. The standard InChI is InChI=1S/C14H15F3N2O4/c15-14(16,17)9-18(12-5-2-6-23-8-12)13(20)10-3-1-4-11(7-10)19(21)22/h1,3-4,7,12H,2,5-6,8-9H2/t12-/m0/s1. The highest BCUT2D eigenvalue weighted by Crippen LogP contribution is 2.24. The molecule has 0 saturated carbocycles. The maximum absolute atomic E-state index is 12.8. The molecule has 9 heteroatoms. The average Bonchev–Trinajstić information content (AvgIpc) is 2.52. The van der Waals surface area contributed by atoms with Gasteiger partial charge in [0.25, 0.3) is 11.6 Å². The van der Waals surface area contributed by atoms with Gasteiger partial charge in [-0.3, -0.25) is 14.9 Å². The Bertz CT molecular complexity index is 586. The van der Waals surface area contributed by atoms with Gasteiger partial charge in [0.05, 0.1) is 17.6 Å². The number of alkyl halides is 3. The van der Waals surface area contributed by atoms with E-state index in [4.69, 9.17) is 4.74 Å². The first-order chi connectivity index (χ1) is 10.8. The molecule has 1 amide bonds. The maximum Gasteiger partial charge on any atom is 0.406 e. The number of nitrogens with zero attached hydrogens (tertiary/aromatic N) is 2. The molecule has 1 aliphatic heterocycles. The van der Waals surface area contributed by atoms with Crippen LogP contribution in [0.25, 0.3) is 0 Å². The van der Waals surface area contributed by atoms with Gasteiger partial charge < -0.3 is 9.64 Å². The molecule has 0 aliphatic carbocycles. The zero-order chi connectivity index (χ0) is 17.0. The lowest BCUT2D eigenvalue weighted by molar-refractivity contribution is -0.384. The monoisotopic (exact) mass is 332 g/mol. The summed E-state index contributed by atoms with van der Waals surface area (Å²) in [6.07, 6.45) is -3.61. The highest BCUT2D eigenvalue weighted by atomic mass is 19.4. The molecule has 126 valence electrons. The topological polar surface area (TPSA) is 72.7 Å². The smallest absolute Gasteiger partial charge is 0.379 e. The number of non-ortho nitro benzene ring substituents is 1. The summed E-state index contributed by atoms with van der Waals surface area (Å²) in [5, 5.41) is 10.8. The number of nitro benzene ring substituents is 1. The molecular weight excluding hydrogens is 317 g/mol. The number of rotatable bonds is 4. The highest BCUT2D eigenvalue weighted by molar-refractivity contribution is 5.95. The van der Waals surface area contributed by atoms with Crippen LogP contribution in [0.5, 0.6) is 0 Å². The number of halogens is 3. The summed E-state index contributed by atoms with van der Waals surface area (Å²) in [5.74, 6) is -0.887. The first kappa shape index (κ1) is 17.2. The van der Waals surface area contributed by atoms with Gasteiger partial charge in [-0.15, -0.1) is 0 Å². The van der Waals surface area contributed by atoms with Crippen LogP contribution in [-0.4, -0.2) is 47.7 Å². The van der Waals surface area contributed by atoms with Gasteiger partial charge in [-0.05, 0) is 18.9 Å². The first-order valence-electron chi connectivity index (χ1n) is 6.98. The SMILES string of the molecule is O=C(c1cccc([N+](=O)[O-])c1)N(CC(F)(F)F)[C@H]1CCCOC1. The quantitative estimate of drug-likeness (QED) is 0.628. The molecule has 1 aliphatic rings. The molecule has 0 spiro atoms. The van der Waals surface area contributed by atoms with Crippen molar-refractivity contribution in [3.05, 3.63) is 39.9 Å². The summed E-state index contributed by atoms with van der Waals surface area (Å²) >= 11 is 0. The van der Waals surface area contributed by atoms with Crippen molar-refractivity contribution in [1.29, 1.82) is 0 Å². The number of benzene rings is 1. The second-order valence-corrected chi connectivity index (χ2v) is 5.23. The van der Waals surface area contributed by atoms with Crippen LogP contribution in [0, 0.1) is 10.1 Å². The molecule has 1 saturated heterocycles. The molecule has 1 fully saturated rings. The summed E-state index contributed by atoms with van der Waals surface area (Å²) in [4.78, 5) is 23.2. The van der Waals surface area contributed by atoms with Crippen LogP contribution in [0.1, 0.15) is 23.2 Å². The number of amides is 1. The summed E-state index contributed by atoms with van der Waals surface area (Å²) in [7, 11) is 0. The summed E-state index contributed by atoms with van der Waals surface area (Å²) in [6.45, 7) is -0.944. The number of nitro groups is 1. The minimum Gasteiger partial charge on any atom is -0.379 e. The largest absolute Gasteiger partial charge is 0.406 e. The van der Waals surface area contributed by atoms with Gasteiger partial charge in [0, 0.05) is 24.3 Å².